The molecule has 0 saturated heterocycles. The zero-order valence-corrected chi connectivity index (χ0v) is 36.0. The summed E-state index contributed by atoms with van der Waals surface area (Å²) in [5.41, 5.74) is 18.8. The van der Waals surface area contributed by atoms with E-state index in [0.717, 1.165) is 78.3 Å². The Bertz CT molecular complexity index is 3390. The van der Waals surface area contributed by atoms with Crippen molar-refractivity contribution in [2.75, 3.05) is 9.80 Å². The highest BCUT2D eigenvalue weighted by Gasteiger charge is 2.44. The molecule has 1 heterocycles. The number of para-hydroxylation sites is 6. The molecule has 1 aliphatic rings. The van der Waals surface area contributed by atoms with Crippen molar-refractivity contribution in [3.63, 3.8) is 0 Å². The van der Waals surface area contributed by atoms with Crippen molar-refractivity contribution >= 4 is 56.1 Å². The highest BCUT2D eigenvalue weighted by molar-refractivity contribution is 6.07. The Hall–Kier alpha value is -8.40. The fraction of sp³-hybridized carbons (Fsp3) is 0.0323. The molecule has 1 atom stereocenters. The number of fused-ring (bicyclic) bond motifs is 6. The van der Waals surface area contributed by atoms with Crippen LogP contribution in [0.25, 0.3) is 55.3 Å². The third kappa shape index (κ3) is 6.43. The fourth-order valence-corrected chi connectivity index (χ4v) is 10.2. The molecular weight excluding hydrogens is 789 g/mol. The van der Waals surface area contributed by atoms with Crippen molar-refractivity contribution in [1.29, 1.82) is 0 Å². The molecule has 3 heteroatoms. The second kappa shape index (κ2) is 15.7. The lowest BCUT2D eigenvalue weighted by atomic mass is 9.73. The molecule has 0 bridgehead atoms. The minimum atomic E-state index is -0.529. The first kappa shape index (κ1) is 38.3. The number of benzene rings is 10. The summed E-state index contributed by atoms with van der Waals surface area (Å²) in [5.74, 6) is 0. The van der Waals surface area contributed by atoms with Gasteiger partial charge in [-0.25, -0.2) is 0 Å². The first-order valence-corrected chi connectivity index (χ1v) is 22.3. The highest BCUT2D eigenvalue weighted by atomic mass is 16.3. The summed E-state index contributed by atoms with van der Waals surface area (Å²) >= 11 is 0. The van der Waals surface area contributed by atoms with Gasteiger partial charge in [-0.05, 0) is 142 Å². The average molecular weight is 833 g/mol. The molecule has 0 spiro atoms. The van der Waals surface area contributed by atoms with Crippen LogP contribution in [-0.4, -0.2) is 0 Å². The number of hydrogen-bond donors (Lipinski definition) is 0. The molecule has 1 aliphatic carbocycles. The van der Waals surface area contributed by atoms with Gasteiger partial charge < -0.3 is 14.2 Å². The number of anilines is 6. The third-order valence-electron chi connectivity index (χ3n) is 13.3. The van der Waals surface area contributed by atoms with Gasteiger partial charge in [0.15, 0.2) is 0 Å². The number of furan rings is 1. The first-order valence-electron chi connectivity index (χ1n) is 22.3. The van der Waals surface area contributed by atoms with Gasteiger partial charge in [0.1, 0.15) is 11.2 Å². The molecule has 0 radical (unpaired) electrons. The van der Waals surface area contributed by atoms with Crippen LogP contribution in [0.2, 0.25) is 0 Å². The van der Waals surface area contributed by atoms with Crippen LogP contribution >= 0.6 is 0 Å². The van der Waals surface area contributed by atoms with Crippen LogP contribution in [-0.2, 0) is 5.41 Å². The molecule has 12 rings (SSSR count). The maximum Gasteiger partial charge on any atom is 0.139 e. The summed E-state index contributed by atoms with van der Waals surface area (Å²) in [7, 11) is 0. The van der Waals surface area contributed by atoms with E-state index in [0.29, 0.717) is 0 Å². The Kier molecular flexibility index (Phi) is 9.28. The van der Waals surface area contributed by atoms with E-state index in [1.807, 2.05) is 0 Å². The lowest BCUT2D eigenvalue weighted by Gasteiger charge is -2.29. The largest absolute Gasteiger partial charge is 0.456 e. The van der Waals surface area contributed by atoms with Gasteiger partial charge in [0.25, 0.3) is 0 Å². The molecule has 0 N–H and O–H groups in total. The predicted octanol–water partition coefficient (Wildman–Crippen LogP) is 17.2. The second-order valence-electron chi connectivity index (χ2n) is 17.0. The summed E-state index contributed by atoms with van der Waals surface area (Å²) < 4.78 is 6.83. The molecule has 1 unspecified atom stereocenters. The summed E-state index contributed by atoms with van der Waals surface area (Å²) in [4.78, 5) is 4.63. The van der Waals surface area contributed by atoms with E-state index >= 15 is 0 Å². The van der Waals surface area contributed by atoms with Gasteiger partial charge in [-0.15, -0.1) is 0 Å². The molecule has 10 aromatic carbocycles. The molecule has 308 valence electrons. The Labute approximate surface area is 379 Å². The summed E-state index contributed by atoms with van der Waals surface area (Å²) in [5, 5.41) is 2.27. The van der Waals surface area contributed by atoms with Crippen molar-refractivity contribution in [1.82, 2.24) is 0 Å². The molecule has 0 aliphatic heterocycles. The minimum absolute atomic E-state index is 0.529. The van der Waals surface area contributed by atoms with Crippen LogP contribution in [0.3, 0.4) is 0 Å². The lowest BCUT2D eigenvalue weighted by Crippen LogP contribution is -2.22. The Morgan fingerprint density at radius 2 is 0.769 bits per heavy atom. The summed E-state index contributed by atoms with van der Waals surface area (Å²) in [6.45, 7) is 2.40. The average Bonchev–Trinajstić information content (AvgIpc) is 3.89. The molecule has 11 aromatic rings. The highest BCUT2D eigenvalue weighted by Crippen LogP contribution is 2.58. The van der Waals surface area contributed by atoms with Crippen LogP contribution in [0, 0.1) is 0 Å². The number of rotatable bonds is 9. The molecule has 0 amide bonds. The molecule has 1 aromatic heterocycles. The maximum atomic E-state index is 6.83. The standard InChI is InChI=1S/C62H44N2O/c1-62(57-31-18-29-53-52-27-15-17-32-59(52)65-61(53)57)56-30-16-14-28-54(56)60-55(44-35-39-51(40-36-44)64(48-23-10-4-11-24-48)49-25-12-5-13-26-49)41-45(42-58(60)62)43-33-37-50(38-34-43)63(46-19-6-2-7-20-46)47-21-8-3-9-22-47/h2-42H,1H3. The summed E-state index contributed by atoms with van der Waals surface area (Å²) in [6.07, 6.45) is 0. The normalized spacial score (nSPS) is 14.0. The van der Waals surface area contributed by atoms with Gasteiger partial charge in [0, 0.05) is 55.9 Å². The maximum absolute atomic E-state index is 6.83. The Morgan fingerprint density at radius 1 is 0.323 bits per heavy atom. The number of nitrogens with zero attached hydrogens (tertiary/aromatic N) is 2. The van der Waals surface area contributed by atoms with Gasteiger partial charge in [-0.3, -0.25) is 0 Å². The van der Waals surface area contributed by atoms with Crippen molar-refractivity contribution in [3.05, 3.63) is 265 Å². The van der Waals surface area contributed by atoms with E-state index in [4.69, 9.17) is 4.42 Å². The van der Waals surface area contributed by atoms with Gasteiger partial charge in [-0.1, -0.05) is 158 Å². The molecule has 3 nitrogen and oxygen atoms in total. The monoisotopic (exact) mass is 832 g/mol. The SMILES string of the molecule is CC1(c2cccc3c2oc2ccccc23)c2ccccc2-c2c(-c3ccc(N(c4ccccc4)c4ccccc4)cc3)cc(-c3ccc(N(c4ccccc4)c4ccccc4)cc3)cc21. The number of hydrogen-bond acceptors (Lipinski definition) is 3. The zero-order valence-electron chi connectivity index (χ0n) is 36.0. The summed E-state index contributed by atoms with van der Waals surface area (Å²) in [6, 6.07) is 89.5. The minimum Gasteiger partial charge on any atom is -0.456 e. The van der Waals surface area contributed by atoms with Gasteiger partial charge in [-0.2, -0.15) is 0 Å². The van der Waals surface area contributed by atoms with Gasteiger partial charge in [0.2, 0.25) is 0 Å². The third-order valence-corrected chi connectivity index (χ3v) is 13.3. The fourth-order valence-electron chi connectivity index (χ4n) is 10.2. The van der Waals surface area contributed by atoms with E-state index in [9.17, 15) is 0 Å². The first-order chi connectivity index (χ1) is 32.1. The van der Waals surface area contributed by atoms with Crippen molar-refractivity contribution in [2.45, 2.75) is 12.3 Å². The van der Waals surface area contributed by atoms with Crippen LogP contribution in [0.15, 0.2) is 253 Å². The van der Waals surface area contributed by atoms with E-state index < -0.39 is 5.41 Å². The Morgan fingerprint density at radius 3 is 1.34 bits per heavy atom. The van der Waals surface area contributed by atoms with Crippen LogP contribution in [0.5, 0.6) is 0 Å². The molecule has 0 fully saturated rings. The van der Waals surface area contributed by atoms with Crippen molar-refractivity contribution in [2.24, 2.45) is 0 Å². The Balaban J connectivity index is 1.06. The van der Waals surface area contributed by atoms with Crippen molar-refractivity contribution < 1.29 is 4.42 Å². The molecular formula is C62H44N2O. The van der Waals surface area contributed by atoms with E-state index in [2.05, 4.69) is 265 Å². The smallest absolute Gasteiger partial charge is 0.139 e. The van der Waals surface area contributed by atoms with Crippen LogP contribution < -0.4 is 9.80 Å². The molecule has 65 heavy (non-hydrogen) atoms. The van der Waals surface area contributed by atoms with Crippen LogP contribution in [0.4, 0.5) is 34.1 Å². The lowest BCUT2D eigenvalue weighted by molar-refractivity contribution is 0.638. The van der Waals surface area contributed by atoms with Crippen molar-refractivity contribution in [3.8, 4) is 33.4 Å². The second-order valence-corrected chi connectivity index (χ2v) is 17.0. The van der Waals surface area contributed by atoms with Gasteiger partial charge >= 0.3 is 0 Å². The van der Waals surface area contributed by atoms with E-state index in [1.165, 1.54) is 27.8 Å². The van der Waals surface area contributed by atoms with E-state index in [-0.39, 0.29) is 0 Å². The van der Waals surface area contributed by atoms with Gasteiger partial charge in [0.05, 0.1) is 0 Å². The predicted molar refractivity (Wildman–Crippen MR) is 271 cm³/mol. The zero-order chi connectivity index (χ0) is 43.3. The molecule has 0 saturated carbocycles. The van der Waals surface area contributed by atoms with Crippen LogP contribution in [0.1, 0.15) is 23.6 Å². The quantitative estimate of drug-likeness (QED) is 0.144. The topological polar surface area (TPSA) is 19.6 Å². The van der Waals surface area contributed by atoms with E-state index in [1.54, 1.807) is 0 Å².